The minimum atomic E-state index is -0.969. The van der Waals surface area contributed by atoms with Gasteiger partial charge >= 0.3 is 0 Å². The van der Waals surface area contributed by atoms with Crippen molar-refractivity contribution in [2.24, 2.45) is 0 Å². The van der Waals surface area contributed by atoms with Crippen molar-refractivity contribution in [3.8, 4) is 5.75 Å². The lowest BCUT2D eigenvalue weighted by atomic mass is 9.99. The SMILES string of the molecule is CN(CC(O)CO)C(=O)c1ccc2c(c1)Cc1cccc(c1)CN(C1CCOCC1)CCOCCO2. The number of amides is 1. The number of benzene rings is 2. The van der Waals surface area contributed by atoms with Crippen molar-refractivity contribution >= 4 is 5.91 Å². The van der Waals surface area contributed by atoms with Crippen LogP contribution >= 0.6 is 0 Å². The average molecular weight is 499 g/mol. The molecular formula is C28H38N2O6. The molecule has 1 fully saturated rings. The molecule has 2 aliphatic heterocycles. The van der Waals surface area contributed by atoms with Gasteiger partial charge in [-0.3, -0.25) is 9.69 Å². The highest BCUT2D eigenvalue weighted by atomic mass is 16.5. The van der Waals surface area contributed by atoms with Crippen LogP contribution in [0.4, 0.5) is 0 Å². The minimum Gasteiger partial charge on any atom is -0.491 e. The maximum atomic E-state index is 13.0. The molecule has 196 valence electrons. The molecule has 36 heavy (non-hydrogen) atoms. The summed E-state index contributed by atoms with van der Waals surface area (Å²) in [5.41, 5.74) is 3.85. The van der Waals surface area contributed by atoms with E-state index in [0.29, 0.717) is 37.8 Å². The lowest BCUT2D eigenvalue weighted by Gasteiger charge is -2.34. The van der Waals surface area contributed by atoms with Gasteiger partial charge in [0.2, 0.25) is 0 Å². The van der Waals surface area contributed by atoms with E-state index in [-0.39, 0.29) is 19.1 Å². The van der Waals surface area contributed by atoms with E-state index in [1.807, 2.05) is 12.1 Å². The summed E-state index contributed by atoms with van der Waals surface area (Å²) in [4.78, 5) is 16.9. The summed E-state index contributed by atoms with van der Waals surface area (Å²) in [7, 11) is 1.62. The summed E-state index contributed by atoms with van der Waals surface area (Å²) >= 11 is 0. The second-order valence-electron chi connectivity index (χ2n) is 9.62. The number of likely N-dealkylation sites (N-methyl/N-ethyl adjacent to an activating group) is 1. The van der Waals surface area contributed by atoms with Crippen LogP contribution in [0, 0.1) is 0 Å². The first-order valence-corrected chi connectivity index (χ1v) is 12.8. The van der Waals surface area contributed by atoms with Gasteiger partial charge in [-0.1, -0.05) is 24.3 Å². The highest BCUT2D eigenvalue weighted by molar-refractivity contribution is 5.94. The maximum absolute atomic E-state index is 13.0. The molecule has 1 amide bonds. The largest absolute Gasteiger partial charge is 0.491 e. The molecule has 0 radical (unpaired) electrons. The first-order chi connectivity index (χ1) is 17.5. The number of aliphatic hydroxyl groups is 2. The van der Waals surface area contributed by atoms with E-state index in [1.54, 1.807) is 13.1 Å². The Morgan fingerprint density at radius 1 is 1.06 bits per heavy atom. The van der Waals surface area contributed by atoms with Crippen molar-refractivity contribution in [1.82, 2.24) is 9.80 Å². The summed E-state index contributed by atoms with van der Waals surface area (Å²) in [6.45, 7) is 4.59. The number of carbonyl (C=O) groups is 1. The molecule has 8 heteroatoms. The molecule has 2 aliphatic rings. The molecule has 0 aliphatic carbocycles. The molecule has 0 spiro atoms. The van der Waals surface area contributed by atoms with Crippen LogP contribution in [0.5, 0.6) is 5.75 Å². The number of aliphatic hydroxyl groups excluding tert-OH is 2. The van der Waals surface area contributed by atoms with E-state index in [0.717, 1.165) is 56.0 Å². The molecule has 1 unspecified atom stereocenters. The van der Waals surface area contributed by atoms with E-state index in [9.17, 15) is 9.90 Å². The van der Waals surface area contributed by atoms with Crippen molar-refractivity contribution in [2.75, 3.05) is 59.8 Å². The Hall–Kier alpha value is -2.49. The number of nitrogens with zero attached hydrogens (tertiary/aromatic N) is 2. The summed E-state index contributed by atoms with van der Waals surface area (Å²) in [6.07, 6.45) is 1.74. The van der Waals surface area contributed by atoms with Crippen molar-refractivity contribution in [1.29, 1.82) is 0 Å². The van der Waals surface area contributed by atoms with Gasteiger partial charge in [-0.2, -0.15) is 0 Å². The fourth-order valence-electron chi connectivity index (χ4n) is 4.90. The molecular weight excluding hydrogens is 460 g/mol. The van der Waals surface area contributed by atoms with Gasteiger partial charge < -0.3 is 29.3 Å². The molecule has 1 atom stereocenters. The van der Waals surface area contributed by atoms with Crippen LogP contribution in [-0.2, 0) is 22.4 Å². The summed E-state index contributed by atoms with van der Waals surface area (Å²) in [6, 6.07) is 14.5. The fourth-order valence-corrected chi connectivity index (χ4v) is 4.90. The van der Waals surface area contributed by atoms with Gasteiger partial charge in [-0.25, -0.2) is 0 Å². The van der Waals surface area contributed by atoms with Crippen LogP contribution in [0.25, 0.3) is 0 Å². The second-order valence-corrected chi connectivity index (χ2v) is 9.62. The molecule has 8 nitrogen and oxygen atoms in total. The van der Waals surface area contributed by atoms with E-state index in [2.05, 4.69) is 29.2 Å². The number of fused-ring (bicyclic) bond motifs is 3. The molecule has 2 aromatic rings. The van der Waals surface area contributed by atoms with Gasteiger partial charge in [0.05, 0.1) is 25.9 Å². The molecule has 2 bridgehead atoms. The third kappa shape index (κ3) is 7.27. The minimum absolute atomic E-state index is 0.0614. The Kier molecular flexibility index (Phi) is 9.72. The predicted octanol–water partition coefficient (Wildman–Crippen LogP) is 2.09. The van der Waals surface area contributed by atoms with E-state index in [1.165, 1.54) is 10.5 Å². The van der Waals surface area contributed by atoms with Crippen LogP contribution in [0.2, 0.25) is 0 Å². The van der Waals surface area contributed by atoms with Crippen molar-refractivity contribution in [3.63, 3.8) is 0 Å². The van der Waals surface area contributed by atoms with Crippen LogP contribution in [0.15, 0.2) is 42.5 Å². The van der Waals surface area contributed by atoms with Crippen molar-refractivity contribution in [3.05, 3.63) is 64.7 Å². The van der Waals surface area contributed by atoms with Crippen LogP contribution in [-0.4, -0.2) is 97.8 Å². The standard InChI is InChI=1S/C28H38N2O6/c1-29(19-26(32)20-31)28(33)23-5-6-27-24(17-23)16-21-3-2-4-22(15-21)18-30(9-12-35-13-14-36-27)25-7-10-34-11-8-25/h2-6,15,17,25-26,31-32H,7-14,16,18-20H2,1H3. The van der Waals surface area contributed by atoms with Gasteiger partial charge in [0.1, 0.15) is 12.4 Å². The van der Waals surface area contributed by atoms with Gasteiger partial charge in [0.15, 0.2) is 0 Å². The zero-order chi connectivity index (χ0) is 25.3. The lowest BCUT2D eigenvalue weighted by molar-refractivity contribution is 0.0133. The monoisotopic (exact) mass is 498 g/mol. The van der Waals surface area contributed by atoms with E-state index < -0.39 is 6.10 Å². The summed E-state index contributed by atoms with van der Waals surface area (Å²) < 4.78 is 17.6. The first-order valence-electron chi connectivity index (χ1n) is 12.8. The molecule has 0 saturated carbocycles. The number of rotatable bonds is 5. The topological polar surface area (TPSA) is 91.7 Å². The summed E-state index contributed by atoms with van der Waals surface area (Å²) in [5, 5.41) is 18.8. The second kappa shape index (κ2) is 13.2. The first kappa shape index (κ1) is 26.6. The number of hydrogen-bond acceptors (Lipinski definition) is 7. The lowest BCUT2D eigenvalue weighted by Crippen LogP contribution is -2.41. The number of carbonyl (C=O) groups excluding carboxylic acids is 1. The zero-order valence-corrected chi connectivity index (χ0v) is 21.1. The van der Waals surface area contributed by atoms with Gasteiger partial charge in [-0.05, 0) is 47.7 Å². The van der Waals surface area contributed by atoms with E-state index in [4.69, 9.17) is 19.3 Å². The highest BCUT2D eigenvalue weighted by Gasteiger charge is 2.22. The van der Waals surface area contributed by atoms with Gasteiger partial charge in [0, 0.05) is 57.9 Å². The molecule has 2 heterocycles. The van der Waals surface area contributed by atoms with Crippen LogP contribution < -0.4 is 4.74 Å². The average Bonchev–Trinajstić information content (AvgIpc) is 2.90. The van der Waals surface area contributed by atoms with E-state index >= 15 is 0 Å². The maximum Gasteiger partial charge on any atom is 0.253 e. The molecule has 2 aromatic carbocycles. The van der Waals surface area contributed by atoms with Gasteiger partial charge in [0.25, 0.3) is 5.91 Å². The quantitative estimate of drug-likeness (QED) is 0.652. The molecule has 4 rings (SSSR count). The Bertz CT molecular complexity index is 994. The summed E-state index contributed by atoms with van der Waals surface area (Å²) in [5.74, 6) is 0.522. The third-order valence-corrected chi connectivity index (χ3v) is 6.84. The number of ether oxygens (including phenoxy) is 3. The molecule has 1 saturated heterocycles. The fraction of sp³-hybridized carbons (Fsp3) is 0.536. The smallest absolute Gasteiger partial charge is 0.253 e. The highest BCUT2D eigenvalue weighted by Crippen LogP contribution is 2.26. The predicted molar refractivity (Wildman–Crippen MR) is 136 cm³/mol. The Labute approximate surface area is 213 Å². The van der Waals surface area contributed by atoms with Crippen LogP contribution in [0.1, 0.15) is 39.9 Å². The van der Waals surface area contributed by atoms with Crippen LogP contribution in [0.3, 0.4) is 0 Å². The number of hydrogen-bond donors (Lipinski definition) is 2. The zero-order valence-electron chi connectivity index (χ0n) is 21.1. The molecule has 2 N–H and O–H groups in total. The Balaban J connectivity index is 1.57. The molecule has 0 aromatic heterocycles. The van der Waals surface area contributed by atoms with Crippen molar-refractivity contribution < 1.29 is 29.2 Å². The third-order valence-electron chi connectivity index (χ3n) is 6.84. The Morgan fingerprint density at radius 3 is 2.64 bits per heavy atom. The van der Waals surface area contributed by atoms with Gasteiger partial charge in [-0.15, -0.1) is 0 Å². The Morgan fingerprint density at radius 2 is 1.83 bits per heavy atom. The normalized spacial score (nSPS) is 19.0. The van der Waals surface area contributed by atoms with Crippen molar-refractivity contribution in [2.45, 2.75) is 38.0 Å².